The van der Waals surface area contributed by atoms with E-state index in [1.165, 1.54) is 0 Å². The highest BCUT2D eigenvalue weighted by Gasteiger charge is 2.10. The van der Waals surface area contributed by atoms with Crippen LogP contribution in [0.1, 0.15) is 32.4 Å². The van der Waals surface area contributed by atoms with Crippen molar-refractivity contribution in [2.24, 2.45) is 0 Å². The number of benzene rings is 1. The molecule has 0 radical (unpaired) electrons. The zero-order chi connectivity index (χ0) is 13.5. The molecule has 0 heterocycles. The van der Waals surface area contributed by atoms with Crippen molar-refractivity contribution in [2.75, 3.05) is 20.3 Å². The number of ether oxygens (including phenoxy) is 2. The first-order chi connectivity index (χ1) is 8.58. The van der Waals surface area contributed by atoms with Gasteiger partial charge >= 0.3 is 0 Å². The lowest BCUT2D eigenvalue weighted by molar-refractivity contribution is 0.0657. The van der Waals surface area contributed by atoms with Crippen LogP contribution in [0.5, 0.6) is 5.75 Å². The molecule has 0 aliphatic carbocycles. The molecule has 1 aromatic rings. The summed E-state index contributed by atoms with van der Waals surface area (Å²) in [5, 5.41) is 3.81. The normalized spacial score (nSPS) is 14.3. The molecule has 0 saturated carbocycles. The third-order valence-electron chi connectivity index (χ3n) is 2.77. The monoisotopic (exact) mass is 271 g/mol. The van der Waals surface area contributed by atoms with E-state index in [0.717, 1.165) is 5.56 Å². The first-order valence-electron chi connectivity index (χ1n) is 6.29. The van der Waals surface area contributed by atoms with Crippen LogP contribution in [0.25, 0.3) is 0 Å². The van der Waals surface area contributed by atoms with Gasteiger partial charge < -0.3 is 14.8 Å². The highest BCUT2D eigenvalue weighted by molar-refractivity contribution is 6.32. The molecule has 1 rings (SSSR count). The van der Waals surface area contributed by atoms with E-state index < -0.39 is 0 Å². The quantitative estimate of drug-likeness (QED) is 0.824. The molecular weight excluding hydrogens is 250 g/mol. The van der Waals surface area contributed by atoms with Gasteiger partial charge in [0.05, 0.1) is 11.6 Å². The van der Waals surface area contributed by atoms with Crippen LogP contribution in [0.3, 0.4) is 0 Å². The van der Waals surface area contributed by atoms with Gasteiger partial charge in [-0.2, -0.15) is 0 Å². The van der Waals surface area contributed by atoms with Crippen molar-refractivity contribution in [1.82, 2.24) is 5.32 Å². The SMILES string of the molecule is CCOCC(C)Oc1ccc(C(C)NC)cc1Cl. The van der Waals surface area contributed by atoms with E-state index in [1.54, 1.807) is 0 Å². The van der Waals surface area contributed by atoms with Crippen LogP contribution in [0.4, 0.5) is 0 Å². The minimum absolute atomic E-state index is 0.00461. The second-order valence-electron chi connectivity index (χ2n) is 4.29. The Labute approximate surface area is 114 Å². The molecule has 1 N–H and O–H groups in total. The van der Waals surface area contributed by atoms with Crippen molar-refractivity contribution in [2.45, 2.75) is 32.9 Å². The van der Waals surface area contributed by atoms with Crippen LogP contribution >= 0.6 is 11.6 Å². The Morgan fingerprint density at radius 2 is 2.06 bits per heavy atom. The lowest BCUT2D eigenvalue weighted by Crippen LogP contribution is -2.19. The van der Waals surface area contributed by atoms with E-state index in [9.17, 15) is 0 Å². The Kier molecular flexibility index (Phi) is 6.47. The number of hydrogen-bond donors (Lipinski definition) is 1. The Morgan fingerprint density at radius 3 is 2.61 bits per heavy atom. The average Bonchev–Trinajstić information content (AvgIpc) is 2.37. The summed E-state index contributed by atoms with van der Waals surface area (Å²) in [6, 6.07) is 6.15. The van der Waals surface area contributed by atoms with E-state index in [1.807, 2.05) is 39.1 Å². The predicted octanol–water partition coefficient (Wildman–Crippen LogP) is 3.42. The van der Waals surface area contributed by atoms with Crippen molar-refractivity contribution in [1.29, 1.82) is 0 Å². The summed E-state index contributed by atoms with van der Waals surface area (Å²) >= 11 is 6.21. The van der Waals surface area contributed by atoms with Gasteiger partial charge in [0.1, 0.15) is 11.9 Å². The van der Waals surface area contributed by atoms with Gasteiger partial charge in [-0.3, -0.25) is 0 Å². The van der Waals surface area contributed by atoms with Crippen molar-refractivity contribution in [3.05, 3.63) is 28.8 Å². The molecule has 0 saturated heterocycles. The third kappa shape index (κ3) is 4.48. The van der Waals surface area contributed by atoms with Gasteiger partial charge in [0.2, 0.25) is 0 Å². The average molecular weight is 272 g/mol. The van der Waals surface area contributed by atoms with Crippen molar-refractivity contribution < 1.29 is 9.47 Å². The minimum atomic E-state index is -0.00461. The Morgan fingerprint density at radius 1 is 1.33 bits per heavy atom. The van der Waals surface area contributed by atoms with Gasteiger partial charge in [-0.05, 0) is 45.5 Å². The molecule has 3 nitrogen and oxygen atoms in total. The molecule has 102 valence electrons. The number of hydrogen-bond acceptors (Lipinski definition) is 3. The van der Waals surface area contributed by atoms with E-state index >= 15 is 0 Å². The largest absolute Gasteiger partial charge is 0.487 e. The zero-order valence-corrected chi connectivity index (χ0v) is 12.3. The minimum Gasteiger partial charge on any atom is -0.487 e. The molecule has 0 aliphatic heterocycles. The van der Waals surface area contributed by atoms with Crippen LogP contribution in [0.15, 0.2) is 18.2 Å². The summed E-state index contributed by atoms with van der Waals surface area (Å²) < 4.78 is 11.0. The fourth-order valence-electron chi connectivity index (χ4n) is 1.58. The molecule has 4 heteroatoms. The Balaban J connectivity index is 2.67. The predicted molar refractivity (Wildman–Crippen MR) is 75.5 cm³/mol. The Bertz CT molecular complexity index is 371. The molecule has 0 aromatic heterocycles. The summed E-state index contributed by atoms with van der Waals surface area (Å²) in [7, 11) is 1.92. The maximum atomic E-state index is 6.21. The van der Waals surface area contributed by atoms with Crippen LogP contribution in [-0.2, 0) is 4.74 Å². The maximum absolute atomic E-state index is 6.21. The smallest absolute Gasteiger partial charge is 0.138 e. The molecule has 0 fully saturated rings. The molecule has 2 atom stereocenters. The summed E-state index contributed by atoms with van der Waals surface area (Å²) in [5.74, 6) is 0.705. The highest BCUT2D eigenvalue weighted by atomic mass is 35.5. The van der Waals surface area contributed by atoms with Gasteiger partial charge in [0, 0.05) is 12.6 Å². The van der Waals surface area contributed by atoms with Crippen LogP contribution in [-0.4, -0.2) is 26.4 Å². The maximum Gasteiger partial charge on any atom is 0.138 e. The second kappa shape index (κ2) is 7.62. The van der Waals surface area contributed by atoms with Gasteiger partial charge in [-0.15, -0.1) is 0 Å². The molecular formula is C14H22ClNO2. The molecule has 1 aromatic carbocycles. The van der Waals surface area contributed by atoms with Crippen molar-refractivity contribution >= 4 is 11.6 Å². The van der Waals surface area contributed by atoms with Crippen LogP contribution in [0.2, 0.25) is 5.02 Å². The molecule has 0 spiro atoms. The highest BCUT2D eigenvalue weighted by Crippen LogP contribution is 2.28. The molecule has 0 aliphatic rings. The molecule has 2 unspecified atom stereocenters. The zero-order valence-electron chi connectivity index (χ0n) is 11.5. The number of rotatable bonds is 7. The van der Waals surface area contributed by atoms with Gasteiger partial charge in [0.15, 0.2) is 0 Å². The van der Waals surface area contributed by atoms with Gasteiger partial charge in [-0.1, -0.05) is 17.7 Å². The van der Waals surface area contributed by atoms with E-state index in [4.69, 9.17) is 21.1 Å². The summed E-state index contributed by atoms with van der Waals surface area (Å²) in [4.78, 5) is 0. The molecule has 18 heavy (non-hydrogen) atoms. The van der Waals surface area contributed by atoms with Crippen LogP contribution in [0, 0.1) is 0 Å². The lowest BCUT2D eigenvalue weighted by Gasteiger charge is -2.17. The number of nitrogens with one attached hydrogen (secondary N) is 1. The van der Waals surface area contributed by atoms with Gasteiger partial charge in [-0.25, -0.2) is 0 Å². The van der Waals surface area contributed by atoms with Crippen LogP contribution < -0.4 is 10.1 Å². The first-order valence-corrected chi connectivity index (χ1v) is 6.67. The van der Waals surface area contributed by atoms with Crippen molar-refractivity contribution in [3.63, 3.8) is 0 Å². The molecule has 0 amide bonds. The molecule has 0 bridgehead atoms. The van der Waals surface area contributed by atoms with Gasteiger partial charge in [0.25, 0.3) is 0 Å². The fourth-order valence-corrected chi connectivity index (χ4v) is 1.82. The van der Waals surface area contributed by atoms with E-state index in [-0.39, 0.29) is 12.1 Å². The van der Waals surface area contributed by atoms with E-state index in [0.29, 0.717) is 24.0 Å². The van der Waals surface area contributed by atoms with Crippen molar-refractivity contribution in [3.8, 4) is 5.75 Å². The van der Waals surface area contributed by atoms with E-state index in [2.05, 4.69) is 12.2 Å². The fraction of sp³-hybridized carbons (Fsp3) is 0.571. The first kappa shape index (κ1) is 15.3. The second-order valence-corrected chi connectivity index (χ2v) is 4.70. The lowest BCUT2D eigenvalue weighted by atomic mass is 10.1. The standard InChI is InChI=1S/C14H22ClNO2/c1-5-17-9-10(2)18-14-7-6-12(8-13(14)15)11(3)16-4/h6-8,10-11,16H,5,9H2,1-4H3. The topological polar surface area (TPSA) is 30.5 Å². The third-order valence-corrected chi connectivity index (χ3v) is 3.07. The summed E-state index contributed by atoms with van der Waals surface area (Å²) in [6.45, 7) is 7.29. The number of halogens is 1. The summed E-state index contributed by atoms with van der Waals surface area (Å²) in [6.07, 6.45) is -0.00461. The summed E-state index contributed by atoms with van der Waals surface area (Å²) in [5.41, 5.74) is 1.15. The Hall–Kier alpha value is -0.770.